The van der Waals surface area contributed by atoms with Gasteiger partial charge in [-0.05, 0) is 38.7 Å². The Morgan fingerprint density at radius 2 is 1.92 bits per heavy atom. The molecule has 0 aromatic heterocycles. The van der Waals surface area contributed by atoms with Gasteiger partial charge in [0.2, 0.25) is 0 Å². The molecule has 1 aliphatic heterocycles. The molecule has 0 atom stereocenters. The van der Waals surface area contributed by atoms with Crippen LogP contribution in [0.3, 0.4) is 0 Å². The summed E-state index contributed by atoms with van der Waals surface area (Å²) in [6.45, 7) is 6.80. The van der Waals surface area contributed by atoms with Gasteiger partial charge in [0.25, 0.3) is 5.79 Å². The summed E-state index contributed by atoms with van der Waals surface area (Å²) in [4.78, 5) is 16.4. The van der Waals surface area contributed by atoms with Gasteiger partial charge in [-0.25, -0.2) is 4.79 Å². The lowest BCUT2D eigenvalue weighted by molar-refractivity contribution is -0.271. The van der Waals surface area contributed by atoms with E-state index in [0.29, 0.717) is 19.8 Å². The third kappa shape index (κ3) is 5.83. The van der Waals surface area contributed by atoms with E-state index in [4.69, 9.17) is 19.4 Å². The number of carboxylic acid groups (broad SMARTS) is 1. The number of rotatable bonds is 8. The topological polar surface area (TPSA) is 77.4 Å². The van der Waals surface area contributed by atoms with Gasteiger partial charge in [0, 0.05) is 12.8 Å². The van der Waals surface area contributed by atoms with E-state index in [-0.39, 0.29) is 5.92 Å². The van der Waals surface area contributed by atoms with Gasteiger partial charge < -0.3 is 19.4 Å². The SMILES string of the molecule is C/C(=N/OCCCCC1COC(C)(C(=O)O)OC1)c1ccc(C)cc1. The molecule has 1 heterocycles. The lowest BCUT2D eigenvalue weighted by atomic mass is 10.0. The molecular formula is C19H27NO5. The Bertz CT molecular complexity index is 588. The highest BCUT2D eigenvalue weighted by Crippen LogP contribution is 2.24. The zero-order valence-corrected chi connectivity index (χ0v) is 15.2. The van der Waals surface area contributed by atoms with Crippen LogP contribution in [0.1, 0.15) is 44.2 Å². The Morgan fingerprint density at radius 1 is 1.28 bits per heavy atom. The first-order valence-corrected chi connectivity index (χ1v) is 8.65. The van der Waals surface area contributed by atoms with Crippen molar-refractivity contribution in [2.45, 2.75) is 45.8 Å². The van der Waals surface area contributed by atoms with Crippen LogP contribution in [0.25, 0.3) is 0 Å². The number of ether oxygens (including phenoxy) is 2. The number of carbonyl (C=O) groups is 1. The lowest BCUT2D eigenvalue weighted by Crippen LogP contribution is -2.47. The van der Waals surface area contributed by atoms with E-state index in [2.05, 4.69) is 24.2 Å². The van der Waals surface area contributed by atoms with Crippen molar-refractivity contribution in [3.8, 4) is 0 Å². The standard InChI is InChI=1S/C19H27NO5/c1-14-7-9-17(10-8-14)15(2)20-25-11-5-4-6-16-12-23-19(3,18(21)22)24-13-16/h7-10,16H,4-6,11-13H2,1-3H3,(H,21,22)/b20-15-. The molecule has 0 radical (unpaired) electrons. The smallest absolute Gasteiger partial charge is 0.364 e. The summed E-state index contributed by atoms with van der Waals surface area (Å²) in [5.74, 6) is -2.35. The van der Waals surface area contributed by atoms with Crippen LogP contribution in [-0.2, 0) is 19.1 Å². The Balaban J connectivity index is 1.60. The number of aryl methyl sites for hydroxylation is 1. The summed E-state index contributed by atoms with van der Waals surface area (Å²) in [6, 6.07) is 8.17. The summed E-state index contributed by atoms with van der Waals surface area (Å²) in [5, 5.41) is 13.2. The molecule has 0 unspecified atom stereocenters. The first-order chi connectivity index (χ1) is 11.9. The highest BCUT2D eigenvalue weighted by molar-refractivity contribution is 5.98. The van der Waals surface area contributed by atoms with E-state index in [1.807, 2.05) is 19.1 Å². The number of carboxylic acids is 1. The fourth-order valence-corrected chi connectivity index (χ4v) is 2.52. The van der Waals surface area contributed by atoms with Gasteiger partial charge in [0.15, 0.2) is 0 Å². The van der Waals surface area contributed by atoms with Crippen LogP contribution in [-0.4, -0.2) is 42.4 Å². The molecule has 1 aliphatic rings. The average molecular weight is 349 g/mol. The normalized spacial score (nSPS) is 24.1. The molecule has 0 amide bonds. The van der Waals surface area contributed by atoms with E-state index in [1.165, 1.54) is 12.5 Å². The third-order valence-corrected chi connectivity index (χ3v) is 4.35. The lowest BCUT2D eigenvalue weighted by Gasteiger charge is -2.34. The molecule has 0 bridgehead atoms. The van der Waals surface area contributed by atoms with Crippen LogP contribution in [0.5, 0.6) is 0 Å². The maximum Gasteiger partial charge on any atom is 0.364 e. The maximum atomic E-state index is 11.0. The Morgan fingerprint density at radius 3 is 2.52 bits per heavy atom. The molecule has 1 fully saturated rings. The predicted molar refractivity (Wildman–Crippen MR) is 94.6 cm³/mol. The molecule has 138 valence electrons. The van der Waals surface area contributed by atoms with E-state index < -0.39 is 11.8 Å². The number of unbranched alkanes of at least 4 members (excludes halogenated alkanes) is 1. The van der Waals surface area contributed by atoms with Crippen LogP contribution in [0, 0.1) is 12.8 Å². The minimum atomic E-state index is -1.50. The quantitative estimate of drug-likeness (QED) is 0.442. The van der Waals surface area contributed by atoms with E-state index in [0.717, 1.165) is 30.5 Å². The predicted octanol–water partition coefficient (Wildman–Crippen LogP) is 3.37. The maximum absolute atomic E-state index is 11.0. The molecule has 1 aromatic carbocycles. The van der Waals surface area contributed by atoms with Crippen LogP contribution >= 0.6 is 0 Å². The summed E-state index contributed by atoms with van der Waals surface area (Å²) >= 11 is 0. The highest BCUT2D eigenvalue weighted by Gasteiger charge is 2.40. The van der Waals surface area contributed by atoms with Gasteiger partial charge in [-0.2, -0.15) is 0 Å². The molecule has 0 saturated carbocycles. The van der Waals surface area contributed by atoms with Crippen molar-refractivity contribution in [3.05, 3.63) is 35.4 Å². The largest absolute Gasteiger partial charge is 0.477 e. The first kappa shape index (κ1) is 19.4. The fraction of sp³-hybridized carbons (Fsp3) is 0.579. The molecule has 0 aliphatic carbocycles. The van der Waals surface area contributed by atoms with Crippen LogP contribution in [0.4, 0.5) is 0 Å². The molecule has 1 N–H and O–H groups in total. The fourth-order valence-electron chi connectivity index (χ4n) is 2.52. The van der Waals surface area contributed by atoms with Gasteiger partial charge in [-0.15, -0.1) is 0 Å². The number of hydrogen-bond donors (Lipinski definition) is 1. The molecule has 6 nitrogen and oxygen atoms in total. The number of benzene rings is 1. The highest BCUT2D eigenvalue weighted by atomic mass is 16.7. The summed E-state index contributed by atoms with van der Waals surface area (Å²) in [5.41, 5.74) is 3.14. The van der Waals surface area contributed by atoms with Crippen molar-refractivity contribution in [2.75, 3.05) is 19.8 Å². The van der Waals surface area contributed by atoms with Crippen molar-refractivity contribution in [1.82, 2.24) is 0 Å². The van der Waals surface area contributed by atoms with Gasteiger partial charge in [0.1, 0.15) is 6.61 Å². The van der Waals surface area contributed by atoms with E-state index in [9.17, 15) is 4.79 Å². The second-order valence-corrected chi connectivity index (χ2v) is 6.61. The van der Waals surface area contributed by atoms with Crippen molar-refractivity contribution < 1.29 is 24.2 Å². The monoisotopic (exact) mass is 349 g/mol. The molecule has 1 aromatic rings. The van der Waals surface area contributed by atoms with Crippen LogP contribution in [0.2, 0.25) is 0 Å². The van der Waals surface area contributed by atoms with Gasteiger partial charge in [-0.1, -0.05) is 35.0 Å². The summed E-state index contributed by atoms with van der Waals surface area (Å²) in [6.07, 6.45) is 2.76. The Labute approximate surface area is 148 Å². The van der Waals surface area contributed by atoms with Crippen LogP contribution < -0.4 is 0 Å². The molecular weight excluding hydrogens is 322 g/mol. The Hall–Kier alpha value is -1.92. The average Bonchev–Trinajstić information content (AvgIpc) is 2.60. The third-order valence-electron chi connectivity index (χ3n) is 4.35. The van der Waals surface area contributed by atoms with Crippen molar-refractivity contribution in [2.24, 2.45) is 11.1 Å². The van der Waals surface area contributed by atoms with Gasteiger partial charge >= 0.3 is 5.97 Å². The summed E-state index contributed by atoms with van der Waals surface area (Å²) < 4.78 is 10.7. The zero-order valence-electron chi connectivity index (χ0n) is 15.2. The molecule has 2 rings (SSSR count). The van der Waals surface area contributed by atoms with Crippen molar-refractivity contribution in [3.63, 3.8) is 0 Å². The van der Waals surface area contributed by atoms with E-state index >= 15 is 0 Å². The second-order valence-electron chi connectivity index (χ2n) is 6.61. The number of nitrogens with zero attached hydrogens (tertiary/aromatic N) is 1. The molecule has 25 heavy (non-hydrogen) atoms. The van der Waals surface area contributed by atoms with Crippen molar-refractivity contribution >= 4 is 11.7 Å². The number of oxime groups is 1. The number of hydrogen-bond acceptors (Lipinski definition) is 5. The molecule has 6 heteroatoms. The Kier molecular flexibility index (Phi) is 6.96. The van der Waals surface area contributed by atoms with Crippen LogP contribution in [0.15, 0.2) is 29.4 Å². The summed E-state index contributed by atoms with van der Waals surface area (Å²) in [7, 11) is 0. The van der Waals surface area contributed by atoms with Gasteiger partial charge in [-0.3, -0.25) is 0 Å². The molecule has 0 spiro atoms. The zero-order chi connectivity index (χ0) is 18.3. The first-order valence-electron chi connectivity index (χ1n) is 8.65. The molecule has 1 saturated heterocycles. The second kappa shape index (κ2) is 8.97. The number of aliphatic carboxylic acids is 1. The van der Waals surface area contributed by atoms with E-state index in [1.54, 1.807) is 0 Å². The van der Waals surface area contributed by atoms with Gasteiger partial charge in [0.05, 0.1) is 18.9 Å². The minimum Gasteiger partial charge on any atom is -0.477 e. The minimum absolute atomic E-state index is 0.227. The van der Waals surface area contributed by atoms with Crippen molar-refractivity contribution in [1.29, 1.82) is 0 Å².